The number of methoxy groups -OCH3 is 1. The number of aryl methyl sites for hydroxylation is 1. The lowest BCUT2D eigenvalue weighted by Gasteiger charge is -2.35. The van der Waals surface area contributed by atoms with Gasteiger partial charge in [0.2, 0.25) is 0 Å². The molecule has 0 unspecified atom stereocenters. The van der Waals surface area contributed by atoms with Gasteiger partial charge in [0.1, 0.15) is 10.8 Å². The van der Waals surface area contributed by atoms with Gasteiger partial charge in [0.05, 0.1) is 6.10 Å². The Labute approximate surface area is 107 Å². The first kappa shape index (κ1) is 12.3. The van der Waals surface area contributed by atoms with Gasteiger partial charge in [-0.15, -0.1) is 0 Å². The molecule has 1 saturated carbocycles. The summed E-state index contributed by atoms with van der Waals surface area (Å²) in [5, 5.41) is 3.37. The van der Waals surface area contributed by atoms with E-state index in [0.29, 0.717) is 17.1 Å². The molecule has 1 fully saturated rings. The van der Waals surface area contributed by atoms with Gasteiger partial charge in [-0.25, -0.2) is 4.98 Å². The van der Waals surface area contributed by atoms with Gasteiger partial charge < -0.3 is 15.8 Å². The topological polar surface area (TPSA) is 60.2 Å². The van der Waals surface area contributed by atoms with Crippen LogP contribution >= 0.6 is 12.2 Å². The summed E-state index contributed by atoms with van der Waals surface area (Å²) in [4.78, 5) is 4.83. The Hall–Kier alpha value is -1.20. The van der Waals surface area contributed by atoms with Crippen LogP contribution < -0.4 is 11.1 Å². The van der Waals surface area contributed by atoms with E-state index in [-0.39, 0.29) is 0 Å². The zero-order valence-electron chi connectivity index (χ0n) is 10.1. The highest BCUT2D eigenvalue weighted by Crippen LogP contribution is 2.26. The highest BCUT2D eigenvalue weighted by molar-refractivity contribution is 7.80. The van der Waals surface area contributed by atoms with Crippen molar-refractivity contribution in [2.75, 3.05) is 12.4 Å². The van der Waals surface area contributed by atoms with Gasteiger partial charge in [-0.05, 0) is 31.9 Å². The lowest BCUT2D eigenvalue weighted by Crippen LogP contribution is -2.40. The number of nitrogens with one attached hydrogen (secondary N) is 1. The molecule has 0 aromatic carbocycles. The number of ether oxygens (including phenoxy) is 1. The zero-order chi connectivity index (χ0) is 12.4. The van der Waals surface area contributed by atoms with Crippen LogP contribution in [-0.4, -0.2) is 29.2 Å². The second-order valence-corrected chi connectivity index (χ2v) is 4.86. The number of thiocarbonyl (C=S) groups is 1. The minimum Gasteiger partial charge on any atom is -0.389 e. The Bertz CT molecular complexity index is 430. The quantitative estimate of drug-likeness (QED) is 0.796. The summed E-state index contributed by atoms with van der Waals surface area (Å²) in [6, 6.07) is 4.23. The molecule has 1 aliphatic carbocycles. The van der Waals surface area contributed by atoms with Crippen molar-refractivity contribution in [3.63, 3.8) is 0 Å². The molecule has 0 saturated heterocycles. The van der Waals surface area contributed by atoms with Crippen molar-refractivity contribution in [1.29, 1.82) is 0 Å². The number of pyridine rings is 1. The third-order valence-corrected chi connectivity index (χ3v) is 3.25. The minimum atomic E-state index is 0.382. The van der Waals surface area contributed by atoms with Crippen LogP contribution in [0.25, 0.3) is 0 Å². The van der Waals surface area contributed by atoms with Gasteiger partial charge in [0.15, 0.2) is 0 Å². The van der Waals surface area contributed by atoms with Crippen molar-refractivity contribution < 1.29 is 4.74 Å². The molecule has 5 heteroatoms. The van der Waals surface area contributed by atoms with Crippen molar-refractivity contribution in [2.45, 2.75) is 31.9 Å². The Morgan fingerprint density at radius 3 is 2.82 bits per heavy atom. The van der Waals surface area contributed by atoms with Gasteiger partial charge in [0, 0.05) is 24.4 Å². The zero-order valence-corrected chi connectivity index (χ0v) is 10.9. The summed E-state index contributed by atoms with van der Waals surface area (Å²) in [5.41, 5.74) is 7.40. The summed E-state index contributed by atoms with van der Waals surface area (Å²) >= 11 is 4.98. The molecule has 92 valence electrons. The maximum Gasteiger partial charge on any atom is 0.127 e. The van der Waals surface area contributed by atoms with Crippen LogP contribution in [0.15, 0.2) is 12.1 Å². The summed E-state index contributed by atoms with van der Waals surface area (Å²) in [5.74, 6) is 0.840. The van der Waals surface area contributed by atoms with E-state index < -0.39 is 0 Å². The molecular formula is C12H17N3OS. The van der Waals surface area contributed by atoms with Crippen LogP contribution in [0, 0.1) is 6.92 Å². The van der Waals surface area contributed by atoms with E-state index in [2.05, 4.69) is 10.3 Å². The van der Waals surface area contributed by atoms with Gasteiger partial charge in [-0.1, -0.05) is 12.2 Å². The summed E-state index contributed by atoms with van der Waals surface area (Å²) in [7, 11) is 1.75. The largest absolute Gasteiger partial charge is 0.389 e. The molecular weight excluding hydrogens is 234 g/mol. The molecule has 0 aliphatic heterocycles. The normalized spacial score (nSPS) is 22.9. The maximum atomic E-state index is 5.63. The van der Waals surface area contributed by atoms with Crippen molar-refractivity contribution in [3.8, 4) is 0 Å². The molecule has 2 rings (SSSR count). The number of hydrogen-bond acceptors (Lipinski definition) is 4. The molecule has 0 spiro atoms. The van der Waals surface area contributed by atoms with Gasteiger partial charge in [0.25, 0.3) is 0 Å². The van der Waals surface area contributed by atoms with E-state index in [1.165, 1.54) is 0 Å². The molecule has 3 N–H and O–H groups in total. The van der Waals surface area contributed by atoms with E-state index in [0.717, 1.165) is 29.9 Å². The fourth-order valence-corrected chi connectivity index (χ4v) is 2.09. The van der Waals surface area contributed by atoms with E-state index >= 15 is 0 Å². The average molecular weight is 251 g/mol. The van der Waals surface area contributed by atoms with E-state index in [9.17, 15) is 0 Å². The summed E-state index contributed by atoms with van der Waals surface area (Å²) < 4.78 is 5.24. The van der Waals surface area contributed by atoms with Crippen LogP contribution in [0.3, 0.4) is 0 Å². The third kappa shape index (κ3) is 2.92. The van der Waals surface area contributed by atoms with Crippen LogP contribution in [-0.2, 0) is 4.74 Å². The highest BCUT2D eigenvalue weighted by atomic mass is 32.1. The third-order valence-electron chi connectivity index (χ3n) is 3.02. The SMILES string of the molecule is COC1CC(Nc2cc(C(N)=S)cc(C)n2)C1. The number of hydrogen-bond donors (Lipinski definition) is 2. The summed E-state index contributed by atoms with van der Waals surface area (Å²) in [6.07, 6.45) is 2.43. The Balaban J connectivity index is 2.04. The standard InChI is InChI=1S/C12H17N3OS/c1-7-3-8(12(13)17)4-11(14-7)15-9-5-10(6-9)16-2/h3-4,9-10H,5-6H2,1-2H3,(H2,13,17)(H,14,15). The van der Waals surface area contributed by atoms with Crippen LogP contribution in [0.1, 0.15) is 24.1 Å². The molecule has 17 heavy (non-hydrogen) atoms. The lowest BCUT2D eigenvalue weighted by molar-refractivity contribution is 0.0328. The molecule has 1 aromatic rings. The maximum absolute atomic E-state index is 5.63. The van der Waals surface area contributed by atoms with Gasteiger partial charge in [-0.2, -0.15) is 0 Å². The fraction of sp³-hybridized carbons (Fsp3) is 0.500. The second-order valence-electron chi connectivity index (χ2n) is 4.42. The molecule has 0 amide bonds. The van der Waals surface area contributed by atoms with Crippen molar-refractivity contribution in [2.24, 2.45) is 5.73 Å². The first-order valence-electron chi connectivity index (χ1n) is 5.66. The Kier molecular flexibility index (Phi) is 3.59. The monoisotopic (exact) mass is 251 g/mol. The molecule has 4 nitrogen and oxygen atoms in total. The first-order valence-corrected chi connectivity index (χ1v) is 6.07. The second kappa shape index (κ2) is 4.98. The molecule has 0 atom stereocenters. The predicted molar refractivity (Wildman–Crippen MR) is 72.3 cm³/mol. The van der Waals surface area contributed by atoms with E-state index in [1.54, 1.807) is 7.11 Å². The number of anilines is 1. The van der Waals surface area contributed by atoms with Crippen LogP contribution in [0.4, 0.5) is 5.82 Å². The first-order chi connectivity index (χ1) is 8.08. The van der Waals surface area contributed by atoms with E-state index in [4.69, 9.17) is 22.7 Å². The smallest absolute Gasteiger partial charge is 0.127 e. The lowest BCUT2D eigenvalue weighted by atomic mass is 9.89. The number of aromatic nitrogens is 1. The Morgan fingerprint density at radius 2 is 2.24 bits per heavy atom. The van der Waals surface area contributed by atoms with Crippen LogP contribution in [0.2, 0.25) is 0 Å². The van der Waals surface area contributed by atoms with Crippen molar-refractivity contribution in [1.82, 2.24) is 4.98 Å². The molecule has 1 aromatic heterocycles. The number of nitrogens with two attached hydrogens (primary N) is 1. The number of rotatable bonds is 4. The molecule has 0 bridgehead atoms. The van der Waals surface area contributed by atoms with Crippen molar-refractivity contribution in [3.05, 3.63) is 23.4 Å². The van der Waals surface area contributed by atoms with Gasteiger partial charge >= 0.3 is 0 Å². The predicted octanol–water partition coefficient (Wildman–Crippen LogP) is 1.61. The average Bonchev–Trinajstić information content (AvgIpc) is 2.21. The molecule has 1 aliphatic rings. The molecule has 0 radical (unpaired) electrons. The number of nitrogens with zero attached hydrogens (tertiary/aromatic N) is 1. The summed E-state index contributed by atoms with van der Waals surface area (Å²) in [6.45, 7) is 1.94. The van der Waals surface area contributed by atoms with Crippen LogP contribution in [0.5, 0.6) is 0 Å². The fourth-order valence-electron chi connectivity index (χ4n) is 1.97. The van der Waals surface area contributed by atoms with Gasteiger partial charge in [-0.3, -0.25) is 0 Å². The van der Waals surface area contributed by atoms with E-state index in [1.807, 2.05) is 19.1 Å². The Morgan fingerprint density at radius 1 is 1.53 bits per heavy atom. The minimum absolute atomic E-state index is 0.382. The highest BCUT2D eigenvalue weighted by Gasteiger charge is 2.29. The molecule has 1 heterocycles. The van der Waals surface area contributed by atoms with Crippen molar-refractivity contribution >= 4 is 23.0 Å².